The number of hydrogen-bond acceptors (Lipinski definition) is 7. The van der Waals surface area contributed by atoms with E-state index in [2.05, 4.69) is 21.2 Å². The van der Waals surface area contributed by atoms with Gasteiger partial charge in [0.25, 0.3) is 0 Å². The van der Waals surface area contributed by atoms with Crippen molar-refractivity contribution in [2.24, 2.45) is 0 Å². The summed E-state index contributed by atoms with van der Waals surface area (Å²) in [5.74, 6) is 0.130. The number of amides is 1. The number of piperazine rings is 1. The molecule has 184 valence electrons. The van der Waals surface area contributed by atoms with Crippen molar-refractivity contribution in [2.45, 2.75) is 6.92 Å². The van der Waals surface area contributed by atoms with Gasteiger partial charge in [0.15, 0.2) is 0 Å². The Morgan fingerprint density at radius 3 is 2.49 bits per heavy atom. The molecule has 35 heavy (non-hydrogen) atoms. The molecule has 1 aromatic heterocycles. The van der Waals surface area contributed by atoms with Crippen molar-refractivity contribution < 1.29 is 19.1 Å². The van der Waals surface area contributed by atoms with Crippen LogP contribution < -0.4 is 15.0 Å². The van der Waals surface area contributed by atoms with E-state index < -0.39 is 5.97 Å². The number of carbonyl (C=O) groups is 2. The zero-order valence-electron chi connectivity index (χ0n) is 19.8. The minimum Gasteiger partial charge on any atom is -0.497 e. The molecule has 1 saturated heterocycles. The van der Waals surface area contributed by atoms with E-state index in [1.54, 1.807) is 14.0 Å². The number of anilines is 2. The summed E-state index contributed by atoms with van der Waals surface area (Å²) in [6.45, 7) is 5.30. The number of nitrogens with one attached hydrogen (secondary N) is 1. The number of rotatable bonds is 8. The van der Waals surface area contributed by atoms with Gasteiger partial charge >= 0.3 is 5.97 Å². The number of ether oxygens (including phenoxy) is 2. The Hall–Kier alpha value is -3.07. The van der Waals surface area contributed by atoms with Crippen molar-refractivity contribution in [3.63, 3.8) is 0 Å². The first-order valence-corrected chi connectivity index (χ1v) is 12.7. The molecule has 0 bridgehead atoms. The van der Waals surface area contributed by atoms with Crippen LogP contribution >= 0.6 is 22.9 Å². The summed E-state index contributed by atoms with van der Waals surface area (Å²) < 4.78 is 11.0. The summed E-state index contributed by atoms with van der Waals surface area (Å²) in [6.07, 6.45) is 0. The number of carbonyl (C=O) groups excluding carboxylic acids is 2. The van der Waals surface area contributed by atoms with E-state index in [1.807, 2.05) is 48.5 Å². The van der Waals surface area contributed by atoms with Crippen molar-refractivity contribution in [1.82, 2.24) is 4.90 Å². The van der Waals surface area contributed by atoms with Crippen LogP contribution in [0.4, 0.5) is 10.7 Å². The van der Waals surface area contributed by atoms with E-state index in [1.165, 1.54) is 11.3 Å². The predicted molar refractivity (Wildman–Crippen MR) is 141 cm³/mol. The first-order chi connectivity index (χ1) is 17.0. The maximum atomic E-state index is 12.9. The van der Waals surface area contributed by atoms with Crippen molar-refractivity contribution in [3.05, 3.63) is 64.5 Å². The van der Waals surface area contributed by atoms with Crippen molar-refractivity contribution >= 4 is 45.5 Å². The van der Waals surface area contributed by atoms with Crippen LogP contribution in [0, 0.1) is 0 Å². The zero-order valence-corrected chi connectivity index (χ0v) is 21.3. The van der Waals surface area contributed by atoms with E-state index >= 15 is 0 Å². The maximum Gasteiger partial charge on any atom is 0.341 e. The molecule has 9 heteroatoms. The molecule has 1 fully saturated rings. The van der Waals surface area contributed by atoms with Gasteiger partial charge in [0.2, 0.25) is 5.91 Å². The third-order valence-corrected chi connectivity index (χ3v) is 7.13. The molecule has 0 atom stereocenters. The lowest BCUT2D eigenvalue weighted by atomic mass is 10.0. The number of methoxy groups -OCH3 is 1. The monoisotopic (exact) mass is 513 g/mol. The van der Waals surface area contributed by atoms with E-state index in [9.17, 15) is 9.59 Å². The molecule has 2 heterocycles. The molecule has 3 aromatic rings. The fraction of sp³-hybridized carbons (Fsp3) is 0.308. The Morgan fingerprint density at radius 2 is 1.80 bits per heavy atom. The second kappa shape index (κ2) is 11.6. The molecule has 1 amide bonds. The van der Waals surface area contributed by atoms with Gasteiger partial charge < -0.3 is 19.7 Å². The van der Waals surface area contributed by atoms with Gasteiger partial charge in [-0.15, -0.1) is 11.3 Å². The third-order valence-electron chi connectivity index (χ3n) is 5.82. The highest BCUT2D eigenvalue weighted by atomic mass is 35.5. The first kappa shape index (κ1) is 25.0. The topological polar surface area (TPSA) is 71.1 Å². The highest BCUT2D eigenvalue weighted by Gasteiger charge is 2.27. The molecule has 2 aromatic carbocycles. The second-order valence-electron chi connectivity index (χ2n) is 8.05. The highest BCUT2D eigenvalue weighted by Crippen LogP contribution is 2.44. The number of nitrogens with zero attached hydrogens (tertiary/aromatic N) is 2. The van der Waals surface area contributed by atoms with Crippen LogP contribution in [0.15, 0.2) is 54.6 Å². The third kappa shape index (κ3) is 5.96. The lowest BCUT2D eigenvalue weighted by Crippen LogP contribution is -2.48. The van der Waals surface area contributed by atoms with Gasteiger partial charge in [0, 0.05) is 43.5 Å². The summed E-state index contributed by atoms with van der Waals surface area (Å²) in [4.78, 5) is 30.1. The van der Waals surface area contributed by atoms with Crippen LogP contribution in [0.2, 0.25) is 4.34 Å². The molecular weight excluding hydrogens is 486 g/mol. The second-order valence-corrected chi connectivity index (χ2v) is 9.68. The minimum atomic E-state index is -0.503. The SMILES string of the molecule is CCOC(=O)c1c(NC(=O)CN2CCN(c3cccc(OC)c3)CC2)sc(Cl)c1-c1ccccc1. The number of hydrogen-bond donors (Lipinski definition) is 1. The first-order valence-electron chi connectivity index (χ1n) is 11.5. The summed E-state index contributed by atoms with van der Waals surface area (Å²) in [6, 6.07) is 17.4. The van der Waals surface area contributed by atoms with Gasteiger partial charge in [-0.1, -0.05) is 48.0 Å². The van der Waals surface area contributed by atoms with Crippen LogP contribution in [0.1, 0.15) is 17.3 Å². The van der Waals surface area contributed by atoms with Gasteiger partial charge in [-0.05, 0) is 24.6 Å². The van der Waals surface area contributed by atoms with Crippen molar-refractivity contribution in [2.75, 3.05) is 56.7 Å². The van der Waals surface area contributed by atoms with Crippen LogP contribution in [0.25, 0.3) is 11.1 Å². The molecule has 1 aliphatic heterocycles. The average Bonchev–Trinajstić information content (AvgIpc) is 3.20. The van der Waals surface area contributed by atoms with Crippen LogP contribution in [0.3, 0.4) is 0 Å². The summed E-state index contributed by atoms with van der Waals surface area (Å²) in [5.41, 5.74) is 2.78. The molecule has 0 aliphatic carbocycles. The van der Waals surface area contributed by atoms with Gasteiger partial charge in [0.1, 0.15) is 20.7 Å². The lowest BCUT2D eigenvalue weighted by Gasteiger charge is -2.35. The van der Waals surface area contributed by atoms with E-state index in [0.717, 1.165) is 43.2 Å². The number of halogens is 1. The van der Waals surface area contributed by atoms with Gasteiger partial charge in [-0.25, -0.2) is 4.79 Å². The van der Waals surface area contributed by atoms with Crippen molar-refractivity contribution in [3.8, 4) is 16.9 Å². The van der Waals surface area contributed by atoms with Crippen LogP contribution in [-0.4, -0.2) is 63.2 Å². The predicted octanol–water partition coefficient (Wildman–Crippen LogP) is 5.01. The number of benzene rings is 2. The Kier molecular flexibility index (Phi) is 8.28. The smallest absolute Gasteiger partial charge is 0.341 e. The van der Waals surface area contributed by atoms with E-state index in [-0.39, 0.29) is 19.1 Å². The van der Waals surface area contributed by atoms with Gasteiger partial charge in [-0.2, -0.15) is 0 Å². The normalized spacial score (nSPS) is 14.0. The fourth-order valence-electron chi connectivity index (χ4n) is 4.09. The van der Waals surface area contributed by atoms with Gasteiger partial charge in [-0.3, -0.25) is 9.69 Å². The number of esters is 1. The van der Waals surface area contributed by atoms with Crippen molar-refractivity contribution in [1.29, 1.82) is 0 Å². The Bertz CT molecular complexity index is 1180. The molecule has 0 radical (unpaired) electrons. The summed E-state index contributed by atoms with van der Waals surface area (Å²) in [5, 5.41) is 3.32. The molecule has 0 unspecified atom stereocenters. The Balaban J connectivity index is 1.43. The molecule has 4 rings (SSSR count). The molecule has 1 N–H and O–H groups in total. The average molecular weight is 514 g/mol. The lowest BCUT2D eigenvalue weighted by molar-refractivity contribution is -0.117. The highest BCUT2D eigenvalue weighted by molar-refractivity contribution is 7.21. The quantitative estimate of drug-likeness (QED) is 0.427. The Morgan fingerprint density at radius 1 is 1.06 bits per heavy atom. The standard InChI is InChI=1S/C26H28ClN3O4S/c1-3-34-26(32)23-22(18-8-5-4-6-9-18)24(27)35-25(23)28-21(31)17-29-12-14-30(15-13-29)19-10-7-11-20(16-19)33-2/h4-11,16H,3,12-15,17H2,1-2H3,(H,28,31). The molecule has 0 saturated carbocycles. The van der Waals surface area contributed by atoms with Crippen LogP contribution in [-0.2, 0) is 9.53 Å². The van der Waals surface area contributed by atoms with Gasteiger partial charge in [0.05, 0.1) is 20.3 Å². The van der Waals surface area contributed by atoms with Crippen LogP contribution in [0.5, 0.6) is 5.75 Å². The molecular formula is C26H28ClN3O4S. The minimum absolute atomic E-state index is 0.192. The molecule has 1 aliphatic rings. The molecule has 7 nitrogen and oxygen atoms in total. The zero-order chi connectivity index (χ0) is 24.8. The number of thiophene rings is 1. The van der Waals surface area contributed by atoms with E-state index in [0.29, 0.717) is 20.5 Å². The van der Waals surface area contributed by atoms with E-state index in [4.69, 9.17) is 21.1 Å². The fourth-order valence-corrected chi connectivity index (χ4v) is 5.48. The summed E-state index contributed by atoms with van der Waals surface area (Å²) in [7, 11) is 1.66. The largest absolute Gasteiger partial charge is 0.497 e. The summed E-state index contributed by atoms with van der Waals surface area (Å²) >= 11 is 7.71. The molecule has 0 spiro atoms. The maximum absolute atomic E-state index is 12.9. The Labute approximate surface area is 214 Å².